The van der Waals surface area contributed by atoms with Crippen molar-refractivity contribution in [1.82, 2.24) is 25.4 Å². The predicted octanol–water partition coefficient (Wildman–Crippen LogP) is 2.28. The van der Waals surface area contributed by atoms with Gasteiger partial charge in [0, 0.05) is 25.4 Å². The fraction of sp³-hybridized carbons (Fsp3) is 0.700. The van der Waals surface area contributed by atoms with Crippen LogP contribution in [0, 0.1) is 5.92 Å². The van der Waals surface area contributed by atoms with Crippen LogP contribution in [0.3, 0.4) is 0 Å². The molecule has 13 heteroatoms. The maximum atomic E-state index is 12.6. The Labute approximate surface area is 189 Å². The third-order valence-electron chi connectivity index (χ3n) is 6.36. The van der Waals surface area contributed by atoms with Crippen LogP contribution in [-0.2, 0) is 4.79 Å². The molecular formula is C20H29N5O8. The Balaban J connectivity index is 1.58. The molecule has 1 atom stereocenters. The lowest BCUT2D eigenvalue weighted by atomic mass is 9.84. The van der Waals surface area contributed by atoms with E-state index in [0.29, 0.717) is 12.3 Å². The highest BCUT2D eigenvalue weighted by molar-refractivity contribution is 5.92. The molecule has 0 bridgehead atoms. The molecule has 1 aliphatic carbocycles. The number of rotatable bonds is 9. The van der Waals surface area contributed by atoms with Crippen LogP contribution in [0.2, 0.25) is 0 Å². The molecule has 3 rings (SSSR count). The Bertz CT molecular complexity index is 848. The SMILES string of the molecule is O=C(C[C@@H](CCCC1CCCCC1)c1nc(C(=O)N2CC(N(C(=O)O)C(=O)O)C2)no1)NO. The average Bonchev–Trinajstić information content (AvgIpc) is 3.25. The standard InChI is InChI=1S/C20H29N5O8/c26-15(22-32)9-13(8-4-7-12-5-2-1-3-6-12)17-21-16(23-33-17)18(27)24-10-14(11-24)25(19(28)29)20(30)31/h12-14,32H,1-11H2,(H,22,26)(H,28,29)(H,30,31)/t13-/m1/s1. The number of imide groups is 1. The van der Waals surface area contributed by atoms with Gasteiger partial charge >= 0.3 is 12.2 Å². The van der Waals surface area contributed by atoms with Crippen molar-refractivity contribution in [2.75, 3.05) is 13.1 Å². The molecule has 2 heterocycles. The van der Waals surface area contributed by atoms with Gasteiger partial charge in [0.15, 0.2) is 0 Å². The van der Waals surface area contributed by atoms with Gasteiger partial charge in [-0.1, -0.05) is 50.1 Å². The molecular weight excluding hydrogens is 438 g/mol. The first-order chi connectivity index (χ1) is 15.8. The third kappa shape index (κ3) is 6.18. The summed E-state index contributed by atoms with van der Waals surface area (Å²) >= 11 is 0. The lowest BCUT2D eigenvalue weighted by Gasteiger charge is -2.41. The zero-order chi connectivity index (χ0) is 24.0. The third-order valence-corrected chi connectivity index (χ3v) is 6.36. The van der Waals surface area contributed by atoms with Gasteiger partial charge in [0.05, 0.1) is 6.04 Å². The summed E-state index contributed by atoms with van der Waals surface area (Å²) in [7, 11) is 0. The van der Waals surface area contributed by atoms with Crippen molar-refractivity contribution in [3.05, 3.63) is 11.7 Å². The van der Waals surface area contributed by atoms with E-state index >= 15 is 0 Å². The minimum absolute atomic E-state index is 0.0744. The highest BCUT2D eigenvalue weighted by Crippen LogP contribution is 2.31. The molecule has 2 aliphatic rings. The molecule has 4 amide bonds. The molecule has 33 heavy (non-hydrogen) atoms. The first kappa shape index (κ1) is 24.4. The van der Waals surface area contributed by atoms with Crippen molar-refractivity contribution < 1.29 is 39.1 Å². The number of hydrogen-bond donors (Lipinski definition) is 4. The van der Waals surface area contributed by atoms with Gasteiger partial charge in [-0.05, 0) is 12.3 Å². The topological polar surface area (TPSA) is 186 Å². The molecule has 1 saturated carbocycles. The second kappa shape index (κ2) is 11.1. The van der Waals surface area contributed by atoms with Crippen LogP contribution in [0.15, 0.2) is 4.52 Å². The number of likely N-dealkylation sites (tertiary alicyclic amines) is 1. The molecule has 13 nitrogen and oxygen atoms in total. The summed E-state index contributed by atoms with van der Waals surface area (Å²) in [6, 6.07) is -0.865. The second-order valence-electron chi connectivity index (χ2n) is 8.63. The predicted molar refractivity (Wildman–Crippen MR) is 110 cm³/mol. The molecule has 0 unspecified atom stereocenters. The Kier molecular flexibility index (Phi) is 8.20. The van der Waals surface area contributed by atoms with Crippen LogP contribution in [0.4, 0.5) is 9.59 Å². The van der Waals surface area contributed by atoms with Crippen LogP contribution < -0.4 is 5.48 Å². The van der Waals surface area contributed by atoms with Crippen molar-refractivity contribution in [1.29, 1.82) is 0 Å². The Morgan fingerprint density at radius 3 is 2.39 bits per heavy atom. The molecule has 4 N–H and O–H groups in total. The number of nitrogens with one attached hydrogen (secondary N) is 1. The minimum atomic E-state index is -1.61. The molecule has 1 saturated heterocycles. The maximum Gasteiger partial charge on any atom is 0.417 e. The fourth-order valence-corrected chi connectivity index (χ4v) is 4.52. The summed E-state index contributed by atoms with van der Waals surface area (Å²) in [5.41, 5.74) is 1.60. The zero-order valence-electron chi connectivity index (χ0n) is 18.2. The number of carboxylic acid groups (broad SMARTS) is 2. The van der Waals surface area contributed by atoms with E-state index in [-0.39, 0.29) is 36.1 Å². The maximum absolute atomic E-state index is 12.6. The highest BCUT2D eigenvalue weighted by atomic mass is 16.5. The van der Waals surface area contributed by atoms with Crippen LogP contribution in [-0.4, -0.2) is 78.5 Å². The van der Waals surface area contributed by atoms with Gasteiger partial charge in [0.1, 0.15) is 0 Å². The molecule has 1 aromatic rings. The van der Waals surface area contributed by atoms with Crippen molar-refractivity contribution in [2.45, 2.75) is 69.7 Å². The lowest BCUT2D eigenvalue weighted by Crippen LogP contribution is -2.63. The zero-order valence-corrected chi connectivity index (χ0v) is 18.2. The van der Waals surface area contributed by atoms with Crippen molar-refractivity contribution >= 4 is 24.0 Å². The summed E-state index contributed by atoms with van der Waals surface area (Å²) in [5.74, 6) is -1.15. The van der Waals surface area contributed by atoms with Crippen LogP contribution in [0.25, 0.3) is 0 Å². The second-order valence-corrected chi connectivity index (χ2v) is 8.63. The first-order valence-electron chi connectivity index (χ1n) is 11.1. The van der Waals surface area contributed by atoms with Gasteiger partial charge in [-0.3, -0.25) is 14.8 Å². The summed E-state index contributed by atoms with van der Waals surface area (Å²) in [4.78, 5) is 52.0. The number of hydroxylamine groups is 1. The molecule has 1 aromatic heterocycles. The summed E-state index contributed by atoms with van der Waals surface area (Å²) in [6.45, 7) is -0.224. The summed E-state index contributed by atoms with van der Waals surface area (Å²) in [6.07, 6.45) is 5.32. The van der Waals surface area contributed by atoms with E-state index in [4.69, 9.17) is 19.9 Å². The van der Waals surface area contributed by atoms with Gasteiger partial charge < -0.3 is 19.6 Å². The molecule has 0 spiro atoms. The number of aromatic nitrogens is 2. The Morgan fingerprint density at radius 1 is 1.12 bits per heavy atom. The number of nitrogens with zero attached hydrogens (tertiary/aromatic N) is 4. The molecule has 0 radical (unpaired) electrons. The lowest BCUT2D eigenvalue weighted by molar-refractivity contribution is -0.129. The van der Waals surface area contributed by atoms with Gasteiger partial charge in [0.25, 0.3) is 11.7 Å². The number of carbonyl (C=O) groups is 4. The van der Waals surface area contributed by atoms with E-state index < -0.39 is 36.0 Å². The monoisotopic (exact) mass is 467 g/mol. The van der Waals surface area contributed by atoms with Gasteiger partial charge in [-0.25, -0.2) is 20.0 Å². The van der Waals surface area contributed by atoms with Gasteiger partial charge in [-0.2, -0.15) is 4.98 Å². The molecule has 2 fully saturated rings. The van der Waals surface area contributed by atoms with E-state index in [0.717, 1.165) is 12.8 Å². The van der Waals surface area contributed by atoms with E-state index in [1.807, 2.05) is 0 Å². The summed E-state index contributed by atoms with van der Waals surface area (Å²) in [5, 5.41) is 30.6. The average molecular weight is 467 g/mol. The number of hydrogen-bond acceptors (Lipinski definition) is 8. The quantitative estimate of drug-likeness (QED) is 0.310. The normalized spacial score (nSPS) is 17.8. The molecule has 1 aliphatic heterocycles. The van der Waals surface area contributed by atoms with Crippen molar-refractivity contribution in [3.8, 4) is 0 Å². The first-order valence-corrected chi connectivity index (χ1v) is 11.1. The van der Waals surface area contributed by atoms with Crippen LogP contribution in [0.1, 0.15) is 80.2 Å². The van der Waals surface area contributed by atoms with Crippen molar-refractivity contribution in [2.24, 2.45) is 5.92 Å². The van der Waals surface area contributed by atoms with E-state index in [2.05, 4.69) is 10.1 Å². The Morgan fingerprint density at radius 2 is 1.79 bits per heavy atom. The van der Waals surface area contributed by atoms with E-state index in [9.17, 15) is 19.2 Å². The highest BCUT2D eigenvalue weighted by Gasteiger charge is 2.42. The fourth-order valence-electron chi connectivity index (χ4n) is 4.52. The van der Waals surface area contributed by atoms with E-state index in [1.54, 1.807) is 5.48 Å². The van der Waals surface area contributed by atoms with E-state index in [1.165, 1.54) is 37.0 Å². The van der Waals surface area contributed by atoms with Gasteiger partial charge in [0.2, 0.25) is 11.8 Å². The van der Waals surface area contributed by atoms with Crippen molar-refractivity contribution in [3.63, 3.8) is 0 Å². The van der Waals surface area contributed by atoms with Crippen LogP contribution >= 0.6 is 0 Å². The minimum Gasteiger partial charge on any atom is -0.465 e. The largest absolute Gasteiger partial charge is 0.465 e. The van der Waals surface area contributed by atoms with Gasteiger partial charge in [-0.15, -0.1) is 0 Å². The Hall–Kier alpha value is -3.22. The van der Waals surface area contributed by atoms with Crippen LogP contribution in [0.5, 0.6) is 0 Å². The molecule has 182 valence electrons. The number of carbonyl (C=O) groups excluding carboxylic acids is 2. The molecule has 0 aromatic carbocycles. The summed E-state index contributed by atoms with van der Waals surface area (Å²) < 4.78 is 5.24. The smallest absolute Gasteiger partial charge is 0.417 e. The number of amides is 4.